The second-order valence-electron chi connectivity index (χ2n) is 9.72. The zero-order valence-electron chi connectivity index (χ0n) is 21.1. The number of likely N-dealkylation sites (tertiary alicyclic amines) is 1. The summed E-state index contributed by atoms with van der Waals surface area (Å²) < 4.78 is 48.8. The maximum Gasteiger partial charge on any atom is 0.303 e. The molecule has 1 saturated heterocycles. The highest BCUT2D eigenvalue weighted by Gasteiger charge is 2.37. The van der Waals surface area contributed by atoms with Crippen LogP contribution in [0, 0.1) is 17.0 Å². The molecule has 10 heteroatoms. The molecule has 5 nitrogen and oxygen atoms in total. The Morgan fingerprint density at radius 3 is 2.61 bits per heavy atom. The van der Waals surface area contributed by atoms with E-state index in [4.69, 9.17) is 16.3 Å². The average molecular weight is 567 g/mol. The number of rotatable bonds is 11. The molecule has 1 N–H and O–H groups in total. The third-order valence-corrected chi connectivity index (χ3v) is 8.69. The monoisotopic (exact) mass is 566 g/mol. The van der Waals surface area contributed by atoms with Crippen LogP contribution in [-0.2, 0) is 4.79 Å². The number of carbonyl (C=O) groups is 1. The molecule has 0 spiro atoms. The summed E-state index contributed by atoms with van der Waals surface area (Å²) in [6.45, 7) is 1.90. The molecule has 0 radical (unpaired) electrons. The highest BCUT2D eigenvalue weighted by molar-refractivity contribution is 7.99. The summed E-state index contributed by atoms with van der Waals surface area (Å²) in [5, 5.41) is 10.4. The quantitative estimate of drug-likeness (QED) is 0.245. The first-order chi connectivity index (χ1) is 18.2. The first-order valence-electron chi connectivity index (χ1n) is 12.5. The van der Waals surface area contributed by atoms with E-state index < -0.39 is 29.2 Å². The Balaban J connectivity index is 1.39. The zero-order valence-corrected chi connectivity index (χ0v) is 22.6. The van der Waals surface area contributed by atoms with E-state index in [1.165, 1.54) is 31.5 Å². The minimum absolute atomic E-state index is 0.0126. The lowest BCUT2D eigenvalue weighted by Gasteiger charge is -2.41. The zero-order chi connectivity index (χ0) is 27.3. The number of piperidine rings is 1. The summed E-state index contributed by atoms with van der Waals surface area (Å²) in [5.41, 5.74) is 0.412. The molecular formula is C28H30ClF3N2O3S. The van der Waals surface area contributed by atoms with E-state index >= 15 is 4.39 Å². The molecule has 1 aliphatic heterocycles. The van der Waals surface area contributed by atoms with Crippen molar-refractivity contribution in [1.29, 1.82) is 0 Å². The lowest BCUT2D eigenvalue weighted by molar-refractivity contribution is -0.141. The molecular weight excluding hydrogens is 537 g/mol. The number of carboxylic acid groups (broad SMARTS) is 1. The molecule has 38 heavy (non-hydrogen) atoms. The number of aliphatic carboxylic acids is 1. The first-order valence-corrected chi connectivity index (χ1v) is 13.8. The van der Waals surface area contributed by atoms with Gasteiger partial charge in [-0.05, 0) is 74.5 Å². The lowest BCUT2D eigenvalue weighted by Crippen LogP contribution is -2.42. The van der Waals surface area contributed by atoms with Crippen LogP contribution in [0.1, 0.15) is 43.8 Å². The molecule has 204 valence electrons. The predicted molar refractivity (Wildman–Crippen MR) is 144 cm³/mol. The van der Waals surface area contributed by atoms with Crippen molar-refractivity contribution in [2.75, 3.05) is 32.5 Å². The third-order valence-electron chi connectivity index (χ3n) is 7.33. The molecule has 2 aromatic carbocycles. The van der Waals surface area contributed by atoms with Crippen molar-refractivity contribution in [2.45, 2.75) is 43.2 Å². The summed E-state index contributed by atoms with van der Waals surface area (Å²) in [6, 6.07) is 9.03. The maximum atomic E-state index is 15.7. The van der Waals surface area contributed by atoms with E-state index in [-0.39, 0.29) is 22.8 Å². The number of nitrogens with zero attached hydrogens (tertiary/aromatic N) is 2. The number of hydrogen-bond acceptors (Lipinski definition) is 5. The molecule has 1 aliphatic rings. The summed E-state index contributed by atoms with van der Waals surface area (Å²) in [7, 11) is 1.53. The molecule has 0 amide bonds. The number of halogens is 4. The number of carboxylic acids is 1. The van der Waals surface area contributed by atoms with Crippen molar-refractivity contribution >= 4 is 40.2 Å². The lowest BCUT2D eigenvalue weighted by atomic mass is 9.71. The molecule has 1 aromatic heterocycles. The van der Waals surface area contributed by atoms with E-state index in [1.54, 1.807) is 18.2 Å². The van der Waals surface area contributed by atoms with Crippen molar-refractivity contribution in [2.24, 2.45) is 5.41 Å². The number of ether oxygens (including phenoxy) is 1. The van der Waals surface area contributed by atoms with Gasteiger partial charge in [0.1, 0.15) is 23.6 Å². The van der Waals surface area contributed by atoms with E-state index in [0.29, 0.717) is 66.9 Å². The second kappa shape index (κ2) is 12.6. The van der Waals surface area contributed by atoms with Crippen LogP contribution in [-0.4, -0.2) is 53.5 Å². The van der Waals surface area contributed by atoms with Crippen LogP contribution in [0.15, 0.2) is 47.5 Å². The van der Waals surface area contributed by atoms with Gasteiger partial charge in [0, 0.05) is 29.4 Å². The fraction of sp³-hybridized carbons (Fsp3) is 0.429. The maximum absolute atomic E-state index is 15.7. The normalized spacial score (nSPS) is 16.4. The van der Waals surface area contributed by atoms with Gasteiger partial charge in [0.05, 0.1) is 29.0 Å². The summed E-state index contributed by atoms with van der Waals surface area (Å²) in [6.07, 6.45) is 1.73. The number of fused-ring (bicyclic) bond motifs is 1. The number of benzene rings is 2. The van der Waals surface area contributed by atoms with Gasteiger partial charge in [-0.2, -0.15) is 0 Å². The topological polar surface area (TPSA) is 62.7 Å². The molecule has 0 aliphatic carbocycles. The molecule has 0 saturated carbocycles. The van der Waals surface area contributed by atoms with Gasteiger partial charge in [-0.1, -0.05) is 17.7 Å². The van der Waals surface area contributed by atoms with Crippen LogP contribution < -0.4 is 4.74 Å². The van der Waals surface area contributed by atoms with Crippen molar-refractivity contribution in [3.63, 3.8) is 0 Å². The Bertz CT molecular complexity index is 1270. The van der Waals surface area contributed by atoms with Gasteiger partial charge in [-0.25, -0.2) is 13.2 Å². The van der Waals surface area contributed by atoms with Crippen LogP contribution >= 0.6 is 23.4 Å². The van der Waals surface area contributed by atoms with Gasteiger partial charge in [0.15, 0.2) is 0 Å². The number of alkyl halides is 1. The molecule has 1 fully saturated rings. The molecule has 0 bridgehead atoms. The van der Waals surface area contributed by atoms with Gasteiger partial charge < -0.3 is 14.7 Å². The fourth-order valence-corrected chi connectivity index (χ4v) is 6.41. The van der Waals surface area contributed by atoms with Crippen LogP contribution in [0.3, 0.4) is 0 Å². The minimum atomic E-state index is -1.39. The Morgan fingerprint density at radius 1 is 1.24 bits per heavy atom. The highest BCUT2D eigenvalue weighted by Crippen LogP contribution is 2.44. The number of aromatic nitrogens is 1. The van der Waals surface area contributed by atoms with Crippen LogP contribution in [0.2, 0.25) is 5.02 Å². The number of hydrogen-bond donors (Lipinski definition) is 1. The van der Waals surface area contributed by atoms with E-state index in [1.807, 2.05) is 0 Å². The highest BCUT2D eigenvalue weighted by atomic mass is 35.5. The van der Waals surface area contributed by atoms with Crippen molar-refractivity contribution in [1.82, 2.24) is 9.88 Å². The van der Waals surface area contributed by atoms with Crippen molar-refractivity contribution in [3.05, 3.63) is 64.8 Å². The molecule has 1 atom stereocenters. The smallest absolute Gasteiger partial charge is 0.303 e. The average Bonchev–Trinajstić information content (AvgIpc) is 2.89. The fourth-order valence-electron chi connectivity index (χ4n) is 5.17. The first kappa shape index (κ1) is 28.5. The molecule has 4 rings (SSSR count). The van der Waals surface area contributed by atoms with Crippen molar-refractivity contribution < 1.29 is 27.8 Å². The SMILES string of the molecule is COc1ccc2ncc(Cl)c(C(F)CCC3(CC(=O)O)CCN(CCSc4c(F)cccc4F)CC3)c2c1. The van der Waals surface area contributed by atoms with Crippen molar-refractivity contribution in [3.8, 4) is 5.75 Å². The third kappa shape index (κ3) is 6.74. The Morgan fingerprint density at radius 2 is 1.95 bits per heavy atom. The van der Waals surface area contributed by atoms with Gasteiger partial charge in [0.2, 0.25) is 0 Å². The molecule has 3 aromatic rings. The van der Waals surface area contributed by atoms with Gasteiger partial charge in [-0.15, -0.1) is 11.8 Å². The van der Waals surface area contributed by atoms with E-state index in [2.05, 4.69) is 9.88 Å². The standard InChI is InChI=1S/C28H30ClF3N2O3S/c1-37-18-5-6-24-19(15-18)26(20(29)17-33-24)21(30)7-8-28(16-25(35)36)9-11-34(12-10-28)13-14-38-27-22(31)3-2-4-23(27)32/h2-6,15,17,21H,7-14,16H2,1H3,(H,35,36). The Hall–Kier alpha value is -2.49. The van der Waals surface area contributed by atoms with Crippen LogP contribution in [0.25, 0.3) is 10.9 Å². The Labute approximate surface area is 229 Å². The van der Waals surface area contributed by atoms with Gasteiger partial charge in [-0.3, -0.25) is 9.78 Å². The number of pyridine rings is 1. The second-order valence-corrected chi connectivity index (χ2v) is 11.2. The van der Waals surface area contributed by atoms with Gasteiger partial charge >= 0.3 is 5.97 Å². The van der Waals surface area contributed by atoms with Crippen LogP contribution in [0.5, 0.6) is 5.75 Å². The van der Waals surface area contributed by atoms with Gasteiger partial charge in [0.25, 0.3) is 0 Å². The van der Waals surface area contributed by atoms with E-state index in [9.17, 15) is 18.7 Å². The summed E-state index contributed by atoms with van der Waals surface area (Å²) in [5.74, 6) is -0.976. The Kier molecular flexibility index (Phi) is 9.44. The minimum Gasteiger partial charge on any atom is -0.497 e. The number of methoxy groups -OCH3 is 1. The predicted octanol–water partition coefficient (Wildman–Crippen LogP) is 7.32. The number of thioether (sulfide) groups is 1. The largest absolute Gasteiger partial charge is 0.497 e. The molecule has 1 unspecified atom stereocenters. The summed E-state index contributed by atoms with van der Waals surface area (Å²) in [4.78, 5) is 18.2. The van der Waals surface area contributed by atoms with Crippen LogP contribution in [0.4, 0.5) is 13.2 Å². The van der Waals surface area contributed by atoms with E-state index in [0.717, 1.165) is 11.8 Å². The molecule has 2 heterocycles. The summed E-state index contributed by atoms with van der Waals surface area (Å²) >= 11 is 7.51.